The van der Waals surface area contributed by atoms with Crippen LogP contribution in [0.1, 0.15) is 19.4 Å². The van der Waals surface area contributed by atoms with Crippen molar-refractivity contribution in [3.05, 3.63) is 35.9 Å². The maximum absolute atomic E-state index is 12.6. The lowest BCUT2D eigenvalue weighted by molar-refractivity contribution is -0.169. The van der Waals surface area contributed by atoms with Gasteiger partial charge in [-0.2, -0.15) is 0 Å². The number of ether oxygens (including phenoxy) is 4. The number of thioether (sulfide) groups is 1. The van der Waals surface area contributed by atoms with E-state index in [0.717, 1.165) is 12.7 Å². The van der Waals surface area contributed by atoms with Gasteiger partial charge in [-0.3, -0.25) is 4.79 Å². The highest BCUT2D eigenvalue weighted by Crippen LogP contribution is 2.51. The molecule has 10 nitrogen and oxygen atoms in total. The Bertz CT molecular complexity index is 831. The summed E-state index contributed by atoms with van der Waals surface area (Å²) in [5, 5.41) is 2.13. The van der Waals surface area contributed by atoms with E-state index >= 15 is 0 Å². The summed E-state index contributed by atoms with van der Waals surface area (Å²) in [7, 11) is 1.13. The third-order valence-corrected chi connectivity index (χ3v) is 6.27. The Morgan fingerprint density at radius 1 is 1.13 bits per heavy atom. The van der Waals surface area contributed by atoms with Crippen molar-refractivity contribution in [2.45, 2.75) is 42.7 Å². The second kappa shape index (κ2) is 8.82. The predicted octanol–water partition coefficient (Wildman–Crippen LogP) is 1.63. The van der Waals surface area contributed by atoms with Gasteiger partial charge in [-0.1, -0.05) is 30.3 Å². The van der Waals surface area contributed by atoms with E-state index in [9.17, 15) is 19.2 Å². The van der Waals surface area contributed by atoms with Crippen molar-refractivity contribution in [3.8, 4) is 0 Å². The summed E-state index contributed by atoms with van der Waals surface area (Å²) in [6, 6.07) is 7.46. The zero-order valence-electron chi connectivity index (χ0n) is 16.7. The molecule has 2 aliphatic heterocycles. The summed E-state index contributed by atoms with van der Waals surface area (Å²) in [6.45, 7) is 3.04. The zero-order chi connectivity index (χ0) is 21.9. The van der Waals surface area contributed by atoms with Gasteiger partial charge in [0.25, 0.3) is 0 Å². The molecule has 1 aromatic carbocycles. The largest absolute Gasteiger partial charge is 0.510 e. The molecule has 1 aromatic rings. The van der Waals surface area contributed by atoms with Crippen molar-refractivity contribution in [3.63, 3.8) is 0 Å². The predicted molar refractivity (Wildman–Crippen MR) is 104 cm³/mol. The van der Waals surface area contributed by atoms with Crippen molar-refractivity contribution in [1.29, 1.82) is 0 Å². The summed E-state index contributed by atoms with van der Waals surface area (Å²) in [5.41, 5.74) is 0.822. The molecule has 30 heavy (non-hydrogen) atoms. The van der Waals surface area contributed by atoms with Gasteiger partial charge in [-0.25, -0.2) is 14.4 Å². The van der Waals surface area contributed by atoms with Gasteiger partial charge in [0.05, 0.1) is 7.11 Å². The molecule has 2 amide bonds. The van der Waals surface area contributed by atoms with Crippen LogP contribution in [0.15, 0.2) is 30.3 Å². The molecule has 2 aliphatic rings. The molecule has 162 valence electrons. The number of β-lactam (4-membered cyclic amide) rings is 1. The molecule has 2 fully saturated rings. The first-order chi connectivity index (χ1) is 14.2. The molecule has 1 N–H and O–H groups in total. The molecule has 2 heterocycles. The molecule has 0 aromatic heterocycles. The molecule has 3 atom stereocenters. The highest BCUT2D eigenvalue weighted by Gasteiger charge is 2.64. The number of carbonyl (C=O) groups is 4. The number of carbonyl (C=O) groups excluding carboxylic acids is 4. The number of esters is 1. The standard InChI is InChI=1S/C19H22N2O8S/c1-19(2)13(16(23)28-10-29-18(25)26-3)21-14(22)12(15(21)30-19)20-17(24)27-9-11-7-5-4-6-8-11/h4-8,12-13,15H,9-10H2,1-3H3,(H,20,24)/t12?,13-,15+/m0/s1. The number of hydrogen-bond acceptors (Lipinski definition) is 9. The van der Waals surface area contributed by atoms with Crippen molar-refractivity contribution in [1.82, 2.24) is 10.2 Å². The number of benzene rings is 1. The van der Waals surface area contributed by atoms with Gasteiger partial charge in [0.15, 0.2) is 0 Å². The SMILES string of the molecule is COC(=O)OCOC(=O)[C@@H]1N2C(=O)C(NC(=O)OCc3ccccc3)[C@H]2SC1(C)C. The average molecular weight is 438 g/mol. The van der Waals surface area contributed by atoms with Crippen LogP contribution in [0.2, 0.25) is 0 Å². The Hall–Kier alpha value is -2.95. The number of hydrogen-bond donors (Lipinski definition) is 1. The first kappa shape index (κ1) is 21.8. The quantitative estimate of drug-likeness (QED) is 0.306. The minimum Gasteiger partial charge on any atom is -0.445 e. The minimum atomic E-state index is -0.987. The van der Waals surface area contributed by atoms with Crippen LogP contribution in [0.5, 0.6) is 0 Å². The van der Waals surface area contributed by atoms with Crippen LogP contribution in [0.25, 0.3) is 0 Å². The summed E-state index contributed by atoms with van der Waals surface area (Å²) in [5.74, 6) is -1.12. The Balaban J connectivity index is 1.55. The first-order valence-corrected chi connectivity index (χ1v) is 9.97. The number of nitrogens with zero attached hydrogens (tertiary/aromatic N) is 1. The molecule has 0 spiro atoms. The van der Waals surface area contributed by atoms with E-state index in [2.05, 4.69) is 14.8 Å². The average Bonchev–Trinajstić information content (AvgIpc) is 2.98. The highest BCUT2D eigenvalue weighted by atomic mass is 32.2. The molecular weight excluding hydrogens is 416 g/mol. The molecule has 11 heteroatoms. The third-order valence-electron chi connectivity index (χ3n) is 4.70. The number of methoxy groups -OCH3 is 1. The Labute approximate surface area is 177 Å². The van der Waals surface area contributed by atoms with Crippen molar-refractivity contribution in [2.75, 3.05) is 13.9 Å². The molecule has 3 rings (SSSR count). The van der Waals surface area contributed by atoms with E-state index in [1.165, 1.54) is 16.7 Å². The van der Waals surface area contributed by atoms with Gasteiger partial charge in [0, 0.05) is 4.75 Å². The third kappa shape index (κ3) is 4.45. The van der Waals surface area contributed by atoms with E-state index in [4.69, 9.17) is 9.47 Å². The maximum atomic E-state index is 12.6. The fraction of sp³-hybridized carbons (Fsp3) is 0.474. The zero-order valence-corrected chi connectivity index (χ0v) is 17.5. The minimum absolute atomic E-state index is 0.0791. The van der Waals surface area contributed by atoms with Crippen LogP contribution < -0.4 is 5.32 Å². The number of alkyl carbamates (subject to hydrolysis) is 1. The lowest BCUT2D eigenvalue weighted by Gasteiger charge is -2.43. The normalized spacial score (nSPS) is 23.6. The van der Waals surface area contributed by atoms with Crippen LogP contribution in [-0.2, 0) is 35.1 Å². The molecule has 0 radical (unpaired) electrons. The van der Waals surface area contributed by atoms with Gasteiger partial charge in [0.1, 0.15) is 24.1 Å². The molecule has 0 saturated carbocycles. The lowest BCUT2D eigenvalue weighted by atomic mass is 9.96. The maximum Gasteiger partial charge on any atom is 0.510 e. The van der Waals surface area contributed by atoms with E-state index in [1.54, 1.807) is 13.8 Å². The van der Waals surface area contributed by atoms with Gasteiger partial charge in [0.2, 0.25) is 12.7 Å². The van der Waals surface area contributed by atoms with E-state index < -0.39 is 53.1 Å². The molecule has 0 aliphatic carbocycles. The molecule has 0 bridgehead atoms. The molecule has 2 saturated heterocycles. The van der Waals surface area contributed by atoms with Gasteiger partial charge < -0.3 is 29.2 Å². The number of nitrogens with one attached hydrogen (secondary N) is 1. The van der Waals surface area contributed by atoms with Crippen LogP contribution in [-0.4, -0.2) is 65.1 Å². The Morgan fingerprint density at radius 3 is 2.50 bits per heavy atom. The van der Waals surface area contributed by atoms with Crippen molar-refractivity contribution < 1.29 is 38.1 Å². The van der Waals surface area contributed by atoms with Crippen LogP contribution in [0, 0.1) is 0 Å². The van der Waals surface area contributed by atoms with Crippen molar-refractivity contribution >= 4 is 35.9 Å². The summed E-state index contributed by atoms with van der Waals surface area (Å²) >= 11 is 1.37. The fourth-order valence-corrected chi connectivity index (χ4v) is 4.91. The summed E-state index contributed by atoms with van der Waals surface area (Å²) in [6.07, 6.45) is -1.70. The highest BCUT2D eigenvalue weighted by molar-refractivity contribution is 8.01. The lowest BCUT2D eigenvalue weighted by Crippen LogP contribution is -2.70. The number of rotatable bonds is 6. The second-order valence-electron chi connectivity index (χ2n) is 7.12. The topological polar surface area (TPSA) is 120 Å². The van der Waals surface area contributed by atoms with E-state index in [1.807, 2.05) is 30.3 Å². The fourth-order valence-electron chi connectivity index (χ4n) is 3.29. The monoisotopic (exact) mass is 438 g/mol. The van der Waals surface area contributed by atoms with Crippen LogP contribution >= 0.6 is 11.8 Å². The summed E-state index contributed by atoms with van der Waals surface area (Å²) < 4.78 is 18.3. The van der Waals surface area contributed by atoms with Gasteiger partial charge in [-0.15, -0.1) is 11.8 Å². The Kier molecular flexibility index (Phi) is 6.40. The summed E-state index contributed by atoms with van der Waals surface area (Å²) in [4.78, 5) is 49.5. The second-order valence-corrected chi connectivity index (χ2v) is 8.89. The van der Waals surface area contributed by atoms with E-state index in [0.29, 0.717) is 0 Å². The number of fused-ring (bicyclic) bond motifs is 1. The number of amides is 2. The van der Waals surface area contributed by atoms with E-state index in [-0.39, 0.29) is 6.61 Å². The smallest absolute Gasteiger partial charge is 0.445 e. The molecular formula is C19H22N2O8S. The van der Waals surface area contributed by atoms with Crippen LogP contribution in [0.4, 0.5) is 9.59 Å². The first-order valence-electron chi connectivity index (χ1n) is 9.09. The van der Waals surface area contributed by atoms with Crippen LogP contribution in [0.3, 0.4) is 0 Å². The van der Waals surface area contributed by atoms with Gasteiger partial charge in [-0.05, 0) is 19.4 Å². The Morgan fingerprint density at radius 2 is 1.83 bits per heavy atom. The van der Waals surface area contributed by atoms with Crippen molar-refractivity contribution in [2.24, 2.45) is 0 Å². The van der Waals surface area contributed by atoms with Gasteiger partial charge >= 0.3 is 18.2 Å². The molecule has 1 unspecified atom stereocenters.